The van der Waals surface area contributed by atoms with Crippen LogP contribution in [0, 0.1) is 12.7 Å². The van der Waals surface area contributed by atoms with Gasteiger partial charge >= 0.3 is 0 Å². The summed E-state index contributed by atoms with van der Waals surface area (Å²) in [5.74, 6) is 0.700. The van der Waals surface area contributed by atoms with Gasteiger partial charge in [0.15, 0.2) is 5.76 Å². The van der Waals surface area contributed by atoms with Crippen LogP contribution < -0.4 is 4.74 Å². The molecule has 2 aromatic heterocycles. The largest absolute Gasteiger partial charge is 0.507 e. The highest BCUT2D eigenvalue weighted by Gasteiger charge is 2.21. The number of ether oxygens (including phenoxy) is 1. The van der Waals surface area contributed by atoms with Crippen molar-refractivity contribution in [1.29, 1.82) is 0 Å². The summed E-state index contributed by atoms with van der Waals surface area (Å²) in [4.78, 5) is 0. The Balaban J connectivity index is 1.42. The van der Waals surface area contributed by atoms with E-state index in [2.05, 4.69) is 10.3 Å². The van der Waals surface area contributed by atoms with Crippen LogP contribution in [0.15, 0.2) is 83.6 Å². The van der Waals surface area contributed by atoms with Crippen molar-refractivity contribution in [2.45, 2.75) is 26.9 Å². The number of para-hydroxylation sites is 1. The van der Waals surface area contributed by atoms with Crippen LogP contribution in [0.3, 0.4) is 0 Å². The summed E-state index contributed by atoms with van der Waals surface area (Å²) in [6.07, 6.45) is 4.37. The number of hydrogen-bond donors (Lipinski definition) is 1. The molecule has 0 aliphatic carbocycles. The lowest BCUT2D eigenvalue weighted by Crippen LogP contribution is -1.99. The number of halogens is 1. The Labute approximate surface area is 202 Å². The molecule has 1 N–H and O–H groups in total. The molecule has 0 saturated heterocycles. The highest BCUT2D eigenvalue weighted by molar-refractivity contribution is 5.84. The van der Waals surface area contributed by atoms with Crippen molar-refractivity contribution in [2.24, 2.45) is 0 Å². The van der Waals surface area contributed by atoms with Gasteiger partial charge in [0.05, 0.1) is 28.7 Å². The van der Waals surface area contributed by atoms with Crippen molar-refractivity contribution >= 4 is 0 Å². The molecule has 0 radical (unpaired) electrons. The van der Waals surface area contributed by atoms with Gasteiger partial charge in [0.1, 0.15) is 23.9 Å². The van der Waals surface area contributed by atoms with E-state index < -0.39 is 0 Å². The molecule has 0 amide bonds. The molecular weight excluding hydrogens is 445 g/mol. The van der Waals surface area contributed by atoms with E-state index in [0.29, 0.717) is 41.4 Å². The molecule has 0 bridgehead atoms. The second-order valence-electron chi connectivity index (χ2n) is 8.23. The van der Waals surface area contributed by atoms with Gasteiger partial charge in [-0.25, -0.2) is 9.07 Å². The molecule has 2 heterocycles. The average Bonchev–Trinajstić information content (AvgIpc) is 3.51. The van der Waals surface area contributed by atoms with Gasteiger partial charge in [0.2, 0.25) is 0 Å². The molecule has 0 unspecified atom stereocenters. The van der Waals surface area contributed by atoms with E-state index in [0.717, 1.165) is 22.4 Å². The zero-order valence-corrected chi connectivity index (χ0v) is 19.4. The first kappa shape index (κ1) is 22.4. The van der Waals surface area contributed by atoms with Gasteiger partial charge in [0.25, 0.3) is 0 Å². The second-order valence-corrected chi connectivity index (χ2v) is 8.23. The summed E-state index contributed by atoms with van der Waals surface area (Å²) in [5.41, 5.74) is 5.41. The Morgan fingerprint density at radius 1 is 1.06 bits per heavy atom. The van der Waals surface area contributed by atoms with Crippen molar-refractivity contribution in [3.05, 3.63) is 102 Å². The van der Waals surface area contributed by atoms with Gasteiger partial charge < -0.3 is 14.4 Å². The molecule has 176 valence electrons. The van der Waals surface area contributed by atoms with Crippen molar-refractivity contribution in [3.8, 4) is 39.6 Å². The minimum absolute atomic E-state index is 0.0108. The minimum atomic E-state index is -0.323. The predicted molar refractivity (Wildman–Crippen MR) is 131 cm³/mol. The van der Waals surface area contributed by atoms with Crippen molar-refractivity contribution in [3.63, 3.8) is 0 Å². The van der Waals surface area contributed by atoms with Gasteiger partial charge in [-0.1, -0.05) is 42.4 Å². The van der Waals surface area contributed by atoms with Crippen LogP contribution in [0.4, 0.5) is 4.39 Å². The molecule has 7 heteroatoms. The van der Waals surface area contributed by atoms with Gasteiger partial charge in [-0.3, -0.25) is 0 Å². The van der Waals surface area contributed by atoms with E-state index in [1.807, 2.05) is 56.4 Å². The maximum absolute atomic E-state index is 13.4. The van der Waals surface area contributed by atoms with Gasteiger partial charge in [-0.2, -0.15) is 5.10 Å². The molecule has 6 nitrogen and oxygen atoms in total. The third-order valence-electron chi connectivity index (χ3n) is 5.85. The van der Waals surface area contributed by atoms with Crippen molar-refractivity contribution in [2.75, 3.05) is 0 Å². The first-order valence-electron chi connectivity index (χ1n) is 11.3. The smallest absolute Gasteiger partial charge is 0.178 e. The lowest BCUT2D eigenvalue weighted by Gasteiger charge is -2.13. The van der Waals surface area contributed by atoms with Crippen LogP contribution in [-0.4, -0.2) is 20.0 Å². The Hall–Kier alpha value is -4.39. The standard InChI is InChI=1S/C28H24FN3O3/c1-3-20-13-24(28-27(18(2)31-35-28)21-9-11-22(29)12-10-21)25(33)14-26(20)34-17-19-15-30-32(16-19)23-7-5-4-6-8-23/h4-16,33H,3,17H2,1-2H3. The van der Waals surface area contributed by atoms with E-state index in [1.165, 1.54) is 12.1 Å². The Morgan fingerprint density at radius 3 is 2.57 bits per heavy atom. The number of rotatable bonds is 7. The second kappa shape index (κ2) is 9.46. The first-order chi connectivity index (χ1) is 17.0. The van der Waals surface area contributed by atoms with E-state index in [-0.39, 0.29) is 11.6 Å². The quantitative estimate of drug-likeness (QED) is 0.295. The molecule has 35 heavy (non-hydrogen) atoms. The first-order valence-corrected chi connectivity index (χ1v) is 11.3. The van der Waals surface area contributed by atoms with Crippen LogP contribution in [0.1, 0.15) is 23.7 Å². The maximum atomic E-state index is 13.4. The monoisotopic (exact) mass is 469 g/mol. The summed E-state index contributed by atoms with van der Waals surface area (Å²) < 4.78 is 26.9. The zero-order valence-electron chi connectivity index (χ0n) is 19.4. The number of phenolic OH excluding ortho intramolecular Hbond substituents is 1. The Kier molecular flexibility index (Phi) is 6.06. The molecule has 3 aromatic carbocycles. The molecule has 5 rings (SSSR count). The Morgan fingerprint density at radius 2 is 1.83 bits per heavy atom. The third kappa shape index (κ3) is 4.53. The number of aryl methyl sites for hydroxylation is 2. The third-order valence-corrected chi connectivity index (χ3v) is 5.85. The van der Waals surface area contributed by atoms with Crippen LogP contribution in [-0.2, 0) is 13.0 Å². The molecule has 0 fully saturated rings. The molecule has 0 aliphatic heterocycles. The topological polar surface area (TPSA) is 73.3 Å². The zero-order chi connectivity index (χ0) is 24.4. The molecule has 5 aromatic rings. The summed E-state index contributed by atoms with van der Waals surface area (Å²) in [6, 6.07) is 19.4. The van der Waals surface area contributed by atoms with Gasteiger partial charge in [-0.15, -0.1) is 0 Å². The SMILES string of the molecule is CCc1cc(-c2onc(C)c2-c2ccc(F)cc2)c(O)cc1OCc1cnn(-c2ccccc2)c1. The fraction of sp³-hybridized carbons (Fsp3) is 0.143. The number of phenols is 1. The van der Waals surface area contributed by atoms with Crippen LogP contribution in [0.2, 0.25) is 0 Å². The van der Waals surface area contributed by atoms with E-state index in [1.54, 1.807) is 29.1 Å². The van der Waals surface area contributed by atoms with Crippen molar-refractivity contribution in [1.82, 2.24) is 14.9 Å². The maximum Gasteiger partial charge on any atom is 0.178 e. The van der Waals surface area contributed by atoms with Crippen LogP contribution in [0.5, 0.6) is 11.5 Å². The van der Waals surface area contributed by atoms with E-state index in [9.17, 15) is 9.50 Å². The molecule has 0 saturated carbocycles. The highest BCUT2D eigenvalue weighted by Crippen LogP contribution is 2.42. The number of nitrogens with zero attached hydrogens (tertiary/aromatic N) is 3. The van der Waals surface area contributed by atoms with Gasteiger partial charge in [-0.05, 0) is 54.8 Å². The average molecular weight is 470 g/mol. The number of aromatic nitrogens is 3. The summed E-state index contributed by atoms with van der Waals surface area (Å²) in [7, 11) is 0. The molecule has 0 spiro atoms. The minimum Gasteiger partial charge on any atom is -0.507 e. The fourth-order valence-corrected chi connectivity index (χ4v) is 4.03. The number of hydrogen-bond acceptors (Lipinski definition) is 5. The number of benzene rings is 3. The highest BCUT2D eigenvalue weighted by atomic mass is 19.1. The summed E-state index contributed by atoms with van der Waals surface area (Å²) >= 11 is 0. The van der Waals surface area contributed by atoms with E-state index >= 15 is 0 Å². The lowest BCUT2D eigenvalue weighted by atomic mass is 9.97. The summed E-state index contributed by atoms with van der Waals surface area (Å²) in [6.45, 7) is 4.14. The van der Waals surface area contributed by atoms with Crippen LogP contribution >= 0.6 is 0 Å². The normalized spacial score (nSPS) is 11.1. The van der Waals surface area contributed by atoms with Gasteiger partial charge in [0, 0.05) is 17.8 Å². The number of aromatic hydroxyl groups is 1. The Bertz CT molecular complexity index is 1460. The van der Waals surface area contributed by atoms with Crippen molar-refractivity contribution < 1.29 is 18.8 Å². The predicted octanol–water partition coefficient (Wildman–Crippen LogP) is 6.49. The molecular formula is C28H24FN3O3. The lowest BCUT2D eigenvalue weighted by molar-refractivity contribution is 0.301. The van der Waals surface area contributed by atoms with Crippen LogP contribution in [0.25, 0.3) is 28.1 Å². The van der Waals surface area contributed by atoms with E-state index in [4.69, 9.17) is 9.26 Å². The molecule has 0 atom stereocenters. The fourth-order valence-electron chi connectivity index (χ4n) is 4.03. The molecule has 0 aliphatic rings. The summed E-state index contributed by atoms with van der Waals surface area (Å²) in [5, 5.41) is 19.4.